The maximum Gasteiger partial charge on any atom is 0.245 e. The highest BCUT2D eigenvalue weighted by Gasteiger charge is 2.28. The second kappa shape index (κ2) is 5.83. The minimum Gasteiger partial charge on any atom is -0.373 e. The molecular weight excluding hydrogens is 250 g/mol. The average Bonchev–Trinajstić information content (AvgIpc) is 2.71. The van der Waals surface area contributed by atoms with E-state index in [1.165, 1.54) is 5.56 Å². The van der Waals surface area contributed by atoms with E-state index in [4.69, 9.17) is 0 Å². The molecule has 0 bridgehead atoms. The molecule has 2 heterocycles. The van der Waals surface area contributed by atoms with E-state index >= 15 is 0 Å². The van der Waals surface area contributed by atoms with Crippen molar-refractivity contribution in [2.24, 2.45) is 0 Å². The number of likely N-dealkylation sites (N-methyl/N-ethyl adjacent to an activating group) is 1. The maximum atomic E-state index is 12.7. The molecule has 2 aliphatic heterocycles. The van der Waals surface area contributed by atoms with Crippen LogP contribution in [0.15, 0.2) is 24.3 Å². The SMILES string of the molecule is CN1CCCN(C(=O)C2CCc3ccccc3N2)CC1. The monoisotopic (exact) mass is 273 g/mol. The first-order valence-electron chi connectivity index (χ1n) is 7.56. The fourth-order valence-corrected chi connectivity index (χ4v) is 3.11. The summed E-state index contributed by atoms with van der Waals surface area (Å²) in [6.45, 7) is 3.82. The van der Waals surface area contributed by atoms with Crippen LogP contribution in [0.3, 0.4) is 0 Å². The van der Waals surface area contributed by atoms with E-state index in [1.807, 2.05) is 11.0 Å². The van der Waals surface area contributed by atoms with Crippen molar-refractivity contribution in [1.29, 1.82) is 0 Å². The summed E-state index contributed by atoms with van der Waals surface area (Å²) in [5.41, 5.74) is 2.45. The maximum absolute atomic E-state index is 12.7. The Morgan fingerprint density at radius 2 is 2.05 bits per heavy atom. The summed E-state index contributed by atoms with van der Waals surface area (Å²) in [5, 5.41) is 3.42. The van der Waals surface area contributed by atoms with Gasteiger partial charge in [-0.3, -0.25) is 4.79 Å². The molecule has 108 valence electrons. The summed E-state index contributed by atoms with van der Waals surface area (Å²) in [6, 6.07) is 8.26. The minimum absolute atomic E-state index is 0.0479. The smallest absolute Gasteiger partial charge is 0.245 e. The zero-order valence-corrected chi connectivity index (χ0v) is 12.1. The molecule has 1 saturated heterocycles. The largest absolute Gasteiger partial charge is 0.373 e. The van der Waals surface area contributed by atoms with Gasteiger partial charge in [-0.1, -0.05) is 18.2 Å². The fourth-order valence-electron chi connectivity index (χ4n) is 3.11. The van der Waals surface area contributed by atoms with Crippen molar-refractivity contribution in [1.82, 2.24) is 9.80 Å². The predicted molar refractivity (Wildman–Crippen MR) is 80.9 cm³/mol. The van der Waals surface area contributed by atoms with E-state index in [0.29, 0.717) is 0 Å². The lowest BCUT2D eigenvalue weighted by molar-refractivity contribution is -0.132. The molecule has 20 heavy (non-hydrogen) atoms. The number of aryl methyl sites for hydroxylation is 1. The van der Waals surface area contributed by atoms with E-state index in [9.17, 15) is 4.79 Å². The molecule has 0 aromatic heterocycles. The highest BCUT2D eigenvalue weighted by molar-refractivity contribution is 5.85. The summed E-state index contributed by atoms with van der Waals surface area (Å²) in [6.07, 6.45) is 2.97. The van der Waals surface area contributed by atoms with E-state index in [-0.39, 0.29) is 11.9 Å². The van der Waals surface area contributed by atoms with E-state index in [0.717, 1.165) is 51.1 Å². The number of nitrogens with one attached hydrogen (secondary N) is 1. The van der Waals surface area contributed by atoms with Gasteiger partial charge in [0.25, 0.3) is 0 Å². The molecule has 1 unspecified atom stereocenters. The molecule has 1 aromatic carbocycles. The number of rotatable bonds is 1. The zero-order valence-electron chi connectivity index (χ0n) is 12.1. The average molecular weight is 273 g/mol. The zero-order chi connectivity index (χ0) is 13.9. The lowest BCUT2D eigenvalue weighted by Crippen LogP contribution is -2.45. The number of benzene rings is 1. The summed E-state index contributed by atoms with van der Waals surface area (Å²) >= 11 is 0. The molecule has 3 rings (SSSR count). The van der Waals surface area contributed by atoms with Gasteiger partial charge in [0.2, 0.25) is 5.91 Å². The first-order chi connectivity index (χ1) is 9.74. The number of hydrogen-bond acceptors (Lipinski definition) is 3. The lowest BCUT2D eigenvalue weighted by atomic mass is 9.97. The third-order valence-electron chi connectivity index (χ3n) is 4.38. The third kappa shape index (κ3) is 2.80. The Kier molecular flexibility index (Phi) is 3.92. The molecule has 1 amide bonds. The number of fused-ring (bicyclic) bond motifs is 1. The standard InChI is InChI=1S/C16H23N3O/c1-18-9-4-10-19(12-11-18)16(20)15-8-7-13-5-2-3-6-14(13)17-15/h2-3,5-6,15,17H,4,7-12H2,1H3. The Hall–Kier alpha value is -1.55. The van der Waals surface area contributed by atoms with Crippen LogP contribution >= 0.6 is 0 Å². The summed E-state index contributed by atoms with van der Waals surface area (Å²) in [4.78, 5) is 17.0. The van der Waals surface area contributed by atoms with Gasteiger partial charge < -0.3 is 15.1 Å². The Bertz CT molecular complexity index is 488. The van der Waals surface area contributed by atoms with Crippen molar-refractivity contribution in [3.8, 4) is 0 Å². The minimum atomic E-state index is -0.0479. The van der Waals surface area contributed by atoms with Gasteiger partial charge in [-0.05, 0) is 44.5 Å². The van der Waals surface area contributed by atoms with Crippen molar-refractivity contribution >= 4 is 11.6 Å². The third-order valence-corrected chi connectivity index (χ3v) is 4.38. The van der Waals surface area contributed by atoms with Crippen molar-refractivity contribution in [3.63, 3.8) is 0 Å². The van der Waals surface area contributed by atoms with Crippen LogP contribution in [0.25, 0.3) is 0 Å². The second-order valence-corrected chi connectivity index (χ2v) is 5.87. The molecule has 0 aliphatic carbocycles. The Labute approximate surface area is 120 Å². The first kappa shape index (κ1) is 13.4. The Morgan fingerprint density at radius 1 is 1.20 bits per heavy atom. The van der Waals surface area contributed by atoms with Gasteiger partial charge in [-0.15, -0.1) is 0 Å². The molecule has 1 atom stereocenters. The van der Waals surface area contributed by atoms with Gasteiger partial charge in [0.05, 0.1) is 0 Å². The molecule has 4 heteroatoms. The van der Waals surface area contributed by atoms with Gasteiger partial charge in [-0.25, -0.2) is 0 Å². The Balaban J connectivity index is 1.66. The van der Waals surface area contributed by atoms with Crippen LogP contribution in [0.5, 0.6) is 0 Å². The van der Waals surface area contributed by atoms with Crippen LogP contribution in [0.4, 0.5) is 5.69 Å². The van der Waals surface area contributed by atoms with Crippen molar-refractivity contribution in [2.75, 3.05) is 38.5 Å². The van der Waals surface area contributed by atoms with Gasteiger partial charge in [-0.2, -0.15) is 0 Å². The number of nitrogens with zero attached hydrogens (tertiary/aromatic N) is 2. The molecule has 0 spiro atoms. The van der Waals surface area contributed by atoms with Crippen LogP contribution < -0.4 is 5.32 Å². The topological polar surface area (TPSA) is 35.6 Å². The molecule has 1 fully saturated rings. The molecule has 4 nitrogen and oxygen atoms in total. The van der Waals surface area contributed by atoms with E-state index in [2.05, 4.69) is 35.5 Å². The lowest BCUT2D eigenvalue weighted by Gasteiger charge is -2.31. The Morgan fingerprint density at radius 3 is 2.95 bits per heavy atom. The number of hydrogen-bond donors (Lipinski definition) is 1. The normalized spacial score (nSPS) is 23.6. The molecular formula is C16H23N3O. The summed E-state index contributed by atoms with van der Waals surface area (Å²) < 4.78 is 0. The quantitative estimate of drug-likeness (QED) is 0.844. The van der Waals surface area contributed by atoms with Crippen LogP contribution in [0, 0.1) is 0 Å². The summed E-state index contributed by atoms with van der Waals surface area (Å²) in [5.74, 6) is 0.273. The van der Waals surface area contributed by atoms with Crippen LogP contribution in [-0.4, -0.2) is 55.0 Å². The number of carbonyl (C=O) groups excluding carboxylic acids is 1. The van der Waals surface area contributed by atoms with Crippen LogP contribution in [0.1, 0.15) is 18.4 Å². The molecule has 2 aliphatic rings. The number of carbonyl (C=O) groups is 1. The van der Waals surface area contributed by atoms with Crippen LogP contribution in [-0.2, 0) is 11.2 Å². The highest BCUT2D eigenvalue weighted by Crippen LogP contribution is 2.25. The van der Waals surface area contributed by atoms with E-state index < -0.39 is 0 Å². The van der Waals surface area contributed by atoms with Gasteiger partial charge >= 0.3 is 0 Å². The number of anilines is 1. The van der Waals surface area contributed by atoms with Gasteiger partial charge in [0.1, 0.15) is 6.04 Å². The molecule has 0 saturated carbocycles. The van der Waals surface area contributed by atoms with Crippen molar-refractivity contribution < 1.29 is 4.79 Å². The van der Waals surface area contributed by atoms with Gasteiger partial charge in [0, 0.05) is 25.3 Å². The fraction of sp³-hybridized carbons (Fsp3) is 0.562. The number of para-hydroxylation sites is 1. The molecule has 1 N–H and O–H groups in total. The second-order valence-electron chi connectivity index (χ2n) is 5.87. The van der Waals surface area contributed by atoms with Crippen molar-refractivity contribution in [3.05, 3.63) is 29.8 Å². The van der Waals surface area contributed by atoms with Gasteiger partial charge in [0.15, 0.2) is 0 Å². The first-order valence-corrected chi connectivity index (χ1v) is 7.56. The molecule has 0 radical (unpaired) electrons. The van der Waals surface area contributed by atoms with E-state index in [1.54, 1.807) is 0 Å². The molecule has 1 aromatic rings. The summed E-state index contributed by atoms with van der Waals surface area (Å²) in [7, 11) is 2.13. The van der Waals surface area contributed by atoms with Crippen molar-refractivity contribution in [2.45, 2.75) is 25.3 Å². The number of amides is 1. The highest BCUT2D eigenvalue weighted by atomic mass is 16.2. The predicted octanol–water partition coefficient (Wildman–Crippen LogP) is 1.58. The van der Waals surface area contributed by atoms with Crippen LogP contribution in [0.2, 0.25) is 0 Å².